The highest BCUT2D eigenvalue weighted by Crippen LogP contribution is 2.31. The van der Waals surface area contributed by atoms with E-state index in [0.717, 1.165) is 12.8 Å². The number of carbonyl (C=O) groups excluding carboxylic acids is 1. The van der Waals surface area contributed by atoms with Gasteiger partial charge in [-0.2, -0.15) is 0 Å². The fourth-order valence-electron chi connectivity index (χ4n) is 1.59. The number of hydrogen-bond acceptors (Lipinski definition) is 2. The molecule has 0 aromatic rings. The molecule has 0 spiro atoms. The molecule has 0 aliphatic heterocycles. The molecule has 1 aliphatic carbocycles. The van der Waals surface area contributed by atoms with Crippen LogP contribution < -0.4 is 0 Å². The van der Waals surface area contributed by atoms with Gasteiger partial charge in [0, 0.05) is 12.5 Å². The van der Waals surface area contributed by atoms with Gasteiger partial charge in [0.2, 0.25) is 0 Å². The van der Waals surface area contributed by atoms with Crippen molar-refractivity contribution in [1.29, 1.82) is 0 Å². The Balaban J connectivity index is 2.48. The van der Waals surface area contributed by atoms with Crippen LogP contribution in [-0.2, 0) is 9.53 Å². The number of rotatable bonds is 4. The van der Waals surface area contributed by atoms with E-state index in [0.29, 0.717) is 6.61 Å². The average Bonchev–Trinajstić information content (AvgIpc) is 1.83. The van der Waals surface area contributed by atoms with Crippen molar-refractivity contribution >= 4 is 5.78 Å². The summed E-state index contributed by atoms with van der Waals surface area (Å²) in [6.45, 7) is 6.29. The normalized spacial score (nSPS) is 18.9. The monoisotopic (exact) mass is 170 g/mol. The molecule has 1 aliphatic rings. The second-order valence-electron chi connectivity index (χ2n) is 3.94. The highest BCUT2D eigenvalue weighted by atomic mass is 16.5. The Bertz CT molecular complexity index is 169. The van der Waals surface area contributed by atoms with Crippen LogP contribution in [0, 0.1) is 5.92 Å². The van der Waals surface area contributed by atoms with E-state index in [2.05, 4.69) is 0 Å². The Morgan fingerprint density at radius 3 is 2.42 bits per heavy atom. The summed E-state index contributed by atoms with van der Waals surface area (Å²) in [5, 5.41) is 0. The second kappa shape index (κ2) is 3.56. The van der Waals surface area contributed by atoms with E-state index in [-0.39, 0.29) is 11.7 Å². The van der Waals surface area contributed by atoms with Gasteiger partial charge in [0.25, 0.3) is 0 Å². The molecule has 0 bridgehead atoms. The summed E-state index contributed by atoms with van der Waals surface area (Å²) in [4.78, 5) is 11.7. The SMILES string of the molecule is CCOC(C)(C)C(=O)C1CCC1. The maximum atomic E-state index is 11.7. The Hall–Kier alpha value is -0.370. The summed E-state index contributed by atoms with van der Waals surface area (Å²) in [6, 6.07) is 0. The summed E-state index contributed by atoms with van der Waals surface area (Å²) in [5.74, 6) is 0.571. The molecule has 1 rings (SSSR count). The second-order valence-corrected chi connectivity index (χ2v) is 3.94. The summed E-state index contributed by atoms with van der Waals surface area (Å²) in [6.07, 6.45) is 3.34. The van der Waals surface area contributed by atoms with Gasteiger partial charge < -0.3 is 4.74 Å². The molecule has 0 aromatic carbocycles. The fourth-order valence-corrected chi connectivity index (χ4v) is 1.59. The zero-order valence-corrected chi connectivity index (χ0v) is 8.22. The number of carbonyl (C=O) groups is 1. The van der Waals surface area contributed by atoms with Crippen molar-refractivity contribution in [2.24, 2.45) is 5.92 Å². The minimum absolute atomic E-state index is 0.284. The van der Waals surface area contributed by atoms with Crippen LogP contribution in [0.1, 0.15) is 40.0 Å². The Kier molecular flexibility index (Phi) is 2.89. The summed E-state index contributed by atoms with van der Waals surface area (Å²) in [5.41, 5.74) is -0.556. The molecule has 0 N–H and O–H groups in total. The Morgan fingerprint density at radius 1 is 1.50 bits per heavy atom. The molecule has 0 heterocycles. The van der Waals surface area contributed by atoms with Gasteiger partial charge in [-0.15, -0.1) is 0 Å². The topological polar surface area (TPSA) is 26.3 Å². The van der Waals surface area contributed by atoms with E-state index in [9.17, 15) is 4.79 Å². The van der Waals surface area contributed by atoms with Gasteiger partial charge >= 0.3 is 0 Å². The van der Waals surface area contributed by atoms with Crippen LogP contribution in [0.25, 0.3) is 0 Å². The third kappa shape index (κ3) is 1.86. The van der Waals surface area contributed by atoms with Crippen LogP contribution in [0.3, 0.4) is 0 Å². The van der Waals surface area contributed by atoms with Crippen molar-refractivity contribution in [2.45, 2.75) is 45.6 Å². The quantitative estimate of drug-likeness (QED) is 0.646. The number of ketones is 1. The van der Waals surface area contributed by atoms with E-state index in [1.807, 2.05) is 20.8 Å². The lowest BCUT2D eigenvalue weighted by Gasteiger charge is -2.32. The molecule has 0 atom stereocenters. The molecule has 2 heteroatoms. The lowest BCUT2D eigenvalue weighted by atomic mass is 9.77. The smallest absolute Gasteiger partial charge is 0.167 e. The standard InChI is InChI=1S/C10H18O2/c1-4-12-10(2,3)9(11)8-6-5-7-8/h8H,4-7H2,1-3H3. The van der Waals surface area contributed by atoms with Crippen molar-refractivity contribution in [3.63, 3.8) is 0 Å². The van der Waals surface area contributed by atoms with Crippen LogP contribution in [0.15, 0.2) is 0 Å². The molecular formula is C10H18O2. The molecule has 0 saturated heterocycles. The van der Waals surface area contributed by atoms with Gasteiger partial charge in [-0.05, 0) is 33.6 Å². The van der Waals surface area contributed by atoms with E-state index < -0.39 is 5.60 Å². The molecule has 0 unspecified atom stereocenters. The molecule has 70 valence electrons. The first-order chi connectivity index (χ1) is 5.58. The van der Waals surface area contributed by atoms with Crippen LogP contribution in [0.2, 0.25) is 0 Å². The third-order valence-corrected chi connectivity index (χ3v) is 2.57. The highest BCUT2D eigenvalue weighted by molar-refractivity contribution is 5.89. The number of Topliss-reactive ketones (excluding diaryl/α,β-unsaturated/α-hetero) is 1. The predicted octanol–water partition coefficient (Wildman–Crippen LogP) is 2.17. The summed E-state index contributed by atoms with van der Waals surface area (Å²) in [7, 11) is 0. The van der Waals surface area contributed by atoms with E-state index >= 15 is 0 Å². The van der Waals surface area contributed by atoms with Crippen molar-refractivity contribution in [3.8, 4) is 0 Å². The van der Waals surface area contributed by atoms with Crippen LogP contribution >= 0.6 is 0 Å². The molecule has 2 nitrogen and oxygen atoms in total. The Labute approximate surface area is 74.3 Å². The maximum Gasteiger partial charge on any atom is 0.167 e. The minimum Gasteiger partial charge on any atom is -0.368 e. The summed E-state index contributed by atoms with van der Waals surface area (Å²) < 4.78 is 5.40. The van der Waals surface area contributed by atoms with Crippen LogP contribution in [0.4, 0.5) is 0 Å². The fraction of sp³-hybridized carbons (Fsp3) is 0.900. The van der Waals surface area contributed by atoms with Crippen molar-refractivity contribution in [1.82, 2.24) is 0 Å². The molecular weight excluding hydrogens is 152 g/mol. The third-order valence-electron chi connectivity index (χ3n) is 2.57. The van der Waals surface area contributed by atoms with Gasteiger partial charge in [0.1, 0.15) is 5.60 Å². The van der Waals surface area contributed by atoms with Gasteiger partial charge in [-0.1, -0.05) is 6.42 Å². The molecule has 12 heavy (non-hydrogen) atoms. The molecule has 0 amide bonds. The molecule has 0 aromatic heterocycles. The van der Waals surface area contributed by atoms with Crippen molar-refractivity contribution in [2.75, 3.05) is 6.61 Å². The summed E-state index contributed by atoms with van der Waals surface area (Å²) >= 11 is 0. The lowest BCUT2D eigenvalue weighted by molar-refractivity contribution is -0.146. The average molecular weight is 170 g/mol. The molecule has 1 saturated carbocycles. The number of hydrogen-bond donors (Lipinski definition) is 0. The first kappa shape index (κ1) is 9.72. The minimum atomic E-state index is -0.556. The van der Waals surface area contributed by atoms with Gasteiger partial charge in [-0.3, -0.25) is 4.79 Å². The highest BCUT2D eigenvalue weighted by Gasteiger charge is 2.36. The van der Waals surface area contributed by atoms with Crippen LogP contribution in [0.5, 0.6) is 0 Å². The van der Waals surface area contributed by atoms with Gasteiger partial charge in [-0.25, -0.2) is 0 Å². The Morgan fingerprint density at radius 2 is 2.08 bits per heavy atom. The zero-order valence-electron chi connectivity index (χ0n) is 8.22. The predicted molar refractivity (Wildman–Crippen MR) is 48.1 cm³/mol. The van der Waals surface area contributed by atoms with Gasteiger partial charge in [0.05, 0.1) is 0 Å². The molecule has 1 fully saturated rings. The van der Waals surface area contributed by atoms with Crippen LogP contribution in [-0.4, -0.2) is 18.0 Å². The molecule has 0 radical (unpaired) electrons. The van der Waals surface area contributed by atoms with Gasteiger partial charge in [0.15, 0.2) is 5.78 Å². The zero-order chi connectivity index (χ0) is 9.19. The number of ether oxygens (including phenoxy) is 1. The van der Waals surface area contributed by atoms with Crippen molar-refractivity contribution in [3.05, 3.63) is 0 Å². The van der Waals surface area contributed by atoms with E-state index in [4.69, 9.17) is 4.74 Å². The first-order valence-corrected chi connectivity index (χ1v) is 4.76. The largest absolute Gasteiger partial charge is 0.368 e. The maximum absolute atomic E-state index is 11.7. The first-order valence-electron chi connectivity index (χ1n) is 4.76. The lowest BCUT2D eigenvalue weighted by Crippen LogP contribution is -2.41. The van der Waals surface area contributed by atoms with E-state index in [1.54, 1.807) is 0 Å². The van der Waals surface area contributed by atoms with E-state index in [1.165, 1.54) is 6.42 Å². The van der Waals surface area contributed by atoms with Crippen molar-refractivity contribution < 1.29 is 9.53 Å².